The Balaban J connectivity index is 1.74. The summed E-state index contributed by atoms with van der Waals surface area (Å²) in [5.41, 5.74) is 2.25. The molecule has 1 aliphatic heterocycles. The van der Waals surface area contributed by atoms with E-state index >= 15 is 0 Å². The van der Waals surface area contributed by atoms with Crippen LogP contribution in [0.4, 0.5) is 0 Å². The fourth-order valence-electron chi connectivity index (χ4n) is 3.97. The van der Waals surface area contributed by atoms with Crippen molar-refractivity contribution in [3.63, 3.8) is 0 Å². The molecule has 4 rings (SSSR count). The van der Waals surface area contributed by atoms with Crippen LogP contribution in [0.2, 0.25) is 0 Å². The predicted octanol–water partition coefficient (Wildman–Crippen LogP) is 5.32. The smallest absolute Gasteiger partial charge is 0.322 e. The van der Waals surface area contributed by atoms with E-state index in [4.69, 9.17) is 9.47 Å². The lowest BCUT2D eigenvalue weighted by Gasteiger charge is -2.40. The molecule has 0 amide bonds. The maximum Gasteiger partial charge on any atom is 0.322 e. The van der Waals surface area contributed by atoms with Crippen molar-refractivity contribution >= 4 is 5.97 Å². The van der Waals surface area contributed by atoms with E-state index in [0.29, 0.717) is 18.8 Å². The number of esters is 1. The lowest BCUT2D eigenvalue weighted by Crippen LogP contribution is -2.48. The standard InChI is InChI=1S/C25H24O3/c1-18(2)25(16-20-12-6-8-14-22(20)28-24(25)26)21-13-7-9-15-23(21)27-17-19-10-4-3-5-11-19/h3-15,18H,16-17H2,1-2H3. The molecule has 1 unspecified atom stereocenters. The van der Waals surface area contributed by atoms with Crippen molar-refractivity contribution in [1.29, 1.82) is 0 Å². The molecule has 1 aliphatic rings. The molecule has 0 N–H and O–H groups in total. The van der Waals surface area contributed by atoms with Gasteiger partial charge in [0.1, 0.15) is 23.5 Å². The molecule has 3 aromatic rings. The third-order valence-corrected chi connectivity index (χ3v) is 5.60. The van der Waals surface area contributed by atoms with Crippen LogP contribution in [0, 0.1) is 5.92 Å². The Bertz CT molecular complexity index is 978. The summed E-state index contributed by atoms with van der Waals surface area (Å²) >= 11 is 0. The van der Waals surface area contributed by atoms with Crippen LogP contribution < -0.4 is 9.47 Å². The first-order valence-electron chi connectivity index (χ1n) is 9.67. The lowest BCUT2D eigenvalue weighted by molar-refractivity contribution is -0.144. The molecule has 1 atom stereocenters. The van der Waals surface area contributed by atoms with Gasteiger partial charge < -0.3 is 9.47 Å². The summed E-state index contributed by atoms with van der Waals surface area (Å²) in [5, 5.41) is 0. The van der Waals surface area contributed by atoms with Crippen molar-refractivity contribution < 1.29 is 14.3 Å². The summed E-state index contributed by atoms with van der Waals surface area (Å²) in [5.74, 6) is 1.23. The van der Waals surface area contributed by atoms with Crippen molar-refractivity contribution in [1.82, 2.24) is 0 Å². The highest BCUT2D eigenvalue weighted by Crippen LogP contribution is 2.46. The minimum Gasteiger partial charge on any atom is -0.489 e. The van der Waals surface area contributed by atoms with Crippen molar-refractivity contribution in [2.24, 2.45) is 5.92 Å². The molecule has 142 valence electrons. The molecule has 0 aliphatic carbocycles. The van der Waals surface area contributed by atoms with Gasteiger partial charge in [-0.15, -0.1) is 0 Å². The minimum absolute atomic E-state index is 0.0508. The number of carbonyl (C=O) groups excluding carboxylic acids is 1. The Morgan fingerprint density at radius 2 is 1.61 bits per heavy atom. The minimum atomic E-state index is -0.776. The third-order valence-electron chi connectivity index (χ3n) is 5.60. The molecule has 0 aromatic heterocycles. The van der Waals surface area contributed by atoms with Crippen molar-refractivity contribution in [3.05, 3.63) is 95.6 Å². The Kier molecular flexibility index (Phi) is 4.91. The monoisotopic (exact) mass is 372 g/mol. The fourth-order valence-corrected chi connectivity index (χ4v) is 3.97. The molecule has 28 heavy (non-hydrogen) atoms. The first-order chi connectivity index (χ1) is 13.6. The average molecular weight is 372 g/mol. The van der Waals surface area contributed by atoms with E-state index in [9.17, 15) is 4.79 Å². The number of ether oxygens (including phenoxy) is 2. The molecule has 0 fully saturated rings. The highest BCUT2D eigenvalue weighted by atomic mass is 16.5. The van der Waals surface area contributed by atoms with E-state index in [-0.39, 0.29) is 11.9 Å². The normalized spacial score (nSPS) is 18.5. The van der Waals surface area contributed by atoms with Gasteiger partial charge in [0.05, 0.1) is 0 Å². The van der Waals surface area contributed by atoms with Gasteiger partial charge in [-0.1, -0.05) is 80.6 Å². The van der Waals surface area contributed by atoms with Crippen molar-refractivity contribution in [2.45, 2.75) is 32.3 Å². The number of benzene rings is 3. The highest BCUT2D eigenvalue weighted by Gasteiger charge is 2.49. The van der Waals surface area contributed by atoms with Crippen LogP contribution in [0.3, 0.4) is 0 Å². The van der Waals surface area contributed by atoms with Gasteiger partial charge in [0.25, 0.3) is 0 Å². The first-order valence-corrected chi connectivity index (χ1v) is 9.67. The van der Waals surface area contributed by atoms with Gasteiger partial charge in [-0.25, -0.2) is 0 Å². The molecule has 0 radical (unpaired) electrons. The van der Waals surface area contributed by atoms with Gasteiger partial charge in [0, 0.05) is 5.56 Å². The van der Waals surface area contributed by atoms with Gasteiger partial charge in [-0.2, -0.15) is 0 Å². The van der Waals surface area contributed by atoms with E-state index in [1.165, 1.54) is 0 Å². The molecular formula is C25H24O3. The first kappa shape index (κ1) is 18.3. The van der Waals surface area contributed by atoms with Gasteiger partial charge in [-0.05, 0) is 35.6 Å². The van der Waals surface area contributed by atoms with Gasteiger partial charge in [0.15, 0.2) is 0 Å². The molecule has 3 aromatic carbocycles. The molecular weight excluding hydrogens is 348 g/mol. The lowest BCUT2D eigenvalue weighted by atomic mass is 9.66. The van der Waals surface area contributed by atoms with Crippen LogP contribution in [0.1, 0.15) is 30.5 Å². The van der Waals surface area contributed by atoms with E-state index in [2.05, 4.69) is 13.8 Å². The summed E-state index contributed by atoms with van der Waals surface area (Å²) in [6.45, 7) is 4.60. The Morgan fingerprint density at radius 1 is 0.929 bits per heavy atom. The van der Waals surface area contributed by atoms with Crippen LogP contribution in [0.5, 0.6) is 11.5 Å². The zero-order valence-corrected chi connectivity index (χ0v) is 16.2. The van der Waals surface area contributed by atoms with Gasteiger partial charge >= 0.3 is 5.97 Å². The summed E-state index contributed by atoms with van der Waals surface area (Å²) < 4.78 is 12.0. The second-order valence-electron chi connectivity index (χ2n) is 7.57. The van der Waals surface area contributed by atoms with E-state index in [1.54, 1.807) is 0 Å². The topological polar surface area (TPSA) is 35.5 Å². The quantitative estimate of drug-likeness (QED) is 0.449. The van der Waals surface area contributed by atoms with E-state index in [0.717, 1.165) is 22.4 Å². The second-order valence-corrected chi connectivity index (χ2v) is 7.57. The number of hydrogen-bond donors (Lipinski definition) is 0. The van der Waals surface area contributed by atoms with Crippen LogP contribution in [0.25, 0.3) is 0 Å². The second kappa shape index (κ2) is 7.51. The fraction of sp³-hybridized carbons (Fsp3) is 0.240. The predicted molar refractivity (Wildman–Crippen MR) is 110 cm³/mol. The summed E-state index contributed by atoms with van der Waals surface area (Å²) in [4.78, 5) is 13.3. The third kappa shape index (κ3) is 3.18. The molecule has 3 nitrogen and oxygen atoms in total. The SMILES string of the molecule is CC(C)C1(c2ccccc2OCc2ccccc2)Cc2ccccc2OC1=O. The molecule has 0 saturated heterocycles. The van der Waals surface area contributed by atoms with E-state index < -0.39 is 5.41 Å². The number of carbonyl (C=O) groups is 1. The van der Waals surface area contributed by atoms with Crippen LogP contribution in [-0.4, -0.2) is 5.97 Å². The Hall–Kier alpha value is -3.07. The highest BCUT2D eigenvalue weighted by molar-refractivity contribution is 5.89. The number of fused-ring (bicyclic) bond motifs is 1. The number of rotatable bonds is 5. The molecule has 3 heteroatoms. The zero-order chi connectivity index (χ0) is 19.6. The van der Waals surface area contributed by atoms with Crippen molar-refractivity contribution in [2.75, 3.05) is 0 Å². The largest absolute Gasteiger partial charge is 0.489 e. The van der Waals surface area contributed by atoms with Crippen LogP contribution in [-0.2, 0) is 23.2 Å². The molecule has 0 spiro atoms. The maximum atomic E-state index is 13.3. The Morgan fingerprint density at radius 3 is 2.39 bits per heavy atom. The van der Waals surface area contributed by atoms with Gasteiger partial charge in [0.2, 0.25) is 0 Å². The summed E-state index contributed by atoms with van der Waals surface area (Å²) in [6, 6.07) is 25.7. The molecule has 0 bridgehead atoms. The number of hydrogen-bond acceptors (Lipinski definition) is 3. The zero-order valence-electron chi connectivity index (χ0n) is 16.2. The van der Waals surface area contributed by atoms with Gasteiger partial charge in [-0.3, -0.25) is 4.79 Å². The van der Waals surface area contributed by atoms with Crippen LogP contribution in [0.15, 0.2) is 78.9 Å². The van der Waals surface area contributed by atoms with E-state index in [1.807, 2.05) is 78.9 Å². The summed E-state index contributed by atoms with van der Waals surface area (Å²) in [7, 11) is 0. The van der Waals surface area contributed by atoms with Crippen molar-refractivity contribution in [3.8, 4) is 11.5 Å². The molecule has 0 saturated carbocycles. The molecule has 1 heterocycles. The Labute approximate surface area is 165 Å². The average Bonchev–Trinajstić information content (AvgIpc) is 2.72. The maximum absolute atomic E-state index is 13.3. The summed E-state index contributed by atoms with van der Waals surface area (Å²) in [6.07, 6.45) is 0.603. The van der Waals surface area contributed by atoms with Crippen LogP contribution >= 0.6 is 0 Å². The number of para-hydroxylation sites is 2.